The van der Waals surface area contributed by atoms with Crippen LogP contribution in [0, 0.1) is 0 Å². The van der Waals surface area contributed by atoms with Crippen molar-refractivity contribution in [2.24, 2.45) is 0 Å². The van der Waals surface area contributed by atoms with Crippen LogP contribution in [0.5, 0.6) is 5.75 Å². The fourth-order valence-electron chi connectivity index (χ4n) is 5.66. The van der Waals surface area contributed by atoms with Crippen molar-refractivity contribution in [3.63, 3.8) is 0 Å². The molecule has 0 fully saturated rings. The first kappa shape index (κ1) is 23.9. The minimum Gasteiger partial charge on any atom is -0.423 e. The number of ether oxygens (including phenoxy) is 1. The number of anilines is 1. The fraction of sp³-hybridized carbons (Fsp3) is 0. The fourth-order valence-corrected chi connectivity index (χ4v) is 5.66. The first-order valence-electron chi connectivity index (χ1n) is 13.4. The first-order chi connectivity index (χ1) is 20.6. The van der Waals surface area contributed by atoms with E-state index >= 15 is 0 Å². The third-order valence-corrected chi connectivity index (χ3v) is 7.66. The van der Waals surface area contributed by atoms with E-state index in [-0.39, 0.29) is 5.56 Å². The number of fused-ring (bicyclic) bond motifs is 8. The Labute approximate surface area is 238 Å². The van der Waals surface area contributed by atoms with E-state index in [4.69, 9.17) is 14.7 Å². The van der Waals surface area contributed by atoms with Crippen LogP contribution in [0.25, 0.3) is 43.6 Å². The van der Waals surface area contributed by atoms with Crippen LogP contribution in [0.4, 0.5) is 5.69 Å². The van der Waals surface area contributed by atoms with Crippen molar-refractivity contribution in [2.45, 2.75) is 0 Å². The predicted molar refractivity (Wildman–Crippen MR) is 161 cm³/mol. The average Bonchev–Trinajstić information content (AvgIpc) is 3.29. The van der Waals surface area contributed by atoms with E-state index in [1.807, 2.05) is 30.3 Å². The number of esters is 1. The highest BCUT2D eigenvalue weighted by atomic mass is 16.5. The summed E-state index contributed by atoms with van der Waals surface area (Å²) in [5.74, 6) is -1.03. The zero-order chi connectivity index (χ0) is 28.4. The van der Waals surface area contributed by atoms with E-state index in [1.54, 1.807) is 54.6 Å². The molecular formula is C35H19N3O4. The van der Waals surface area contributed by atoms with Gasteiger partial charge in [0.1, 0.15) is 5.75 Å². The highest BCUT2D eigenvalue weighted by molar-refractivity contribution is 6.34. The molecule has 8 rings (SSSR count). The van der Waals surface area contributed by atoms with Gasteiger partial charge in [-0.15, -0.1) is 0 Å². The highest BCUT2D eigenvalue weighted by Crippen LogP contribution is 2.34. The van der Waals surface area contributed by atoms with Crippen LogP contribution in [0.15, 0.2) is 115 Å². The molecule has 0 spiro atoms. The van der Waals surface area contributed by atoms with E-state index in [0.29, 0.717) is 33.6 Å². The lowest BCUT2D eigenvalue weighted by Gasteiger charge is -2.14. The Morgan fingerprint density at radius 2 is 1.10 bits per heavy atom. The molecule has 0 N–H and O–H groups in total. The van der Waals surface area contributed by atoms with Gasteiger partial charge in [-0.3, -0.25) is 9.59 Å². The van der Waals surface area contributed by atoms with Crippen LogP contribution < -0.4 is 9.64 Å². The minimum absolute atomic E-state index is 0.275. The van der Waals surface area contributed by atoms with Crippen molar-refractivity contribution in [1.29, 1.82) is 0 Å². The monoisotopic (exact) mass is 545 g/mol. The zero-order valence-corrected chi connectivity index (χ0v) is 21.9. The second-order valence-corrected chi connectivity index (χ2v) is 10.1. The molecule has 0 radical (unpaired) electrons. The molecule has 42 heavy (non-hydrogen) atoms. The van der Waals surface area contributed by atoms with Crippen molar-refractivity contribution in [3.05, 3.63) is 132 Å². The van der Waals surface area contributed by atoms with Crippen molar-refractivity contribution in [1.82, 2.24) is 9.97 Å². The molecule has 1 aliphatic heterocycles. The van der Waals surface area contributed by atoms with Gasteiger partial charge in [0.15, 0.2) is 0 Å². The largest absolute Gasteiger partial charge is 0.423 e. The van der Waals surface area contributed by atoms with E-state index in [0.717, 1.165) is 37.5 Å². The van der Waals surface area contributed by atoms with Crippen LogP contribution in [-0.4, -0.2) is 27.8 Å². The maximum absolute atomic E-state index is 13.0. The van der Waals surface area contributed by atoms with E-state index in [1.165, 1.54) is 12.1 Å². The lowest BCUT2D eigenvalue weighted by Crippen LogP contribution is -2.29. The zero-order valence-electron chi connectivity index (χ0n) is 21.9. The van der Waals surface area contributed by atoms with Gasteiger partial charge in [-0.05, 0) is 59.3 Å². The van der Waals surface area contributed by atoms with E-state index in [9.17, 15) is 14.4 Å². The quantitative estimate of drug-likeness (QED) is 0.0773. The summed E-state index contributed by atoms with van der Waals surface area (Å²) in [5, 5.41) is 4.25. The Kier molecular flexibility index (Phi) is 5.14. The molecule has 0 atom stereocenters. The summed E-state index contributed by atoms with van der Waals surface area (Å²) < 4.78 is 5.68. The molecule has 1 aromatic heterocycles. The molecule has 0 unspecified atom stereocenters. The Hall–Kier alpha value is -5.95. The van der Waals surface area contributed by atoms with E-state index in [2.05, 4.69) is 18.2 Å². The normalized spacial score (nSPS) is 12.9. The van der Waals surface area contributed by atoms with E-state index < -0.39 is 17.8 Å². The van der Waals surface area contributed by atoms with Crippen LogP contribution in [0.2, 0.25) is 0 Å². The molecule has 7 aromatic rings. The number of aromatic nitrogens is 2. The van der Waals surface area contributed by atoms with Gasteiger partial charge in [0.25, 0.3) is 11.8 Å². The number of amides is 2. The van der Waals surface area contributed by atoms with Crippen molar-refractivity contribution in [2.75, 3.05) is 4.90 Å². The maximum Gasteiger partial charge on any atom is 0.343 e. The summed E-state index contributed by atoms with van der Waals surface area (Å²) >= 11 is 0. The van der Waals surface area contributed by atoms with Gasteiger partial charge in [-0.2, -0.15) is 0 Å². The maximum atomic E-state index is 13.0. The number of benzene rings is 6. The molecule has 0 bridgehead atoms. The molecule has 1 aliphatic rings. The summed E-state index contributed by atoms with van der Waals surface area (Å²) in [6, 6.07) is 34.4. The van der Waals surface area contributed by atoms with Gasteiger partial charge in [0, 0.05) is 16.8 Å². The first-order valence-corrected chi connectivity index (χ1v) is 13.4. The minimum atomic E-state index is -0.576. The number of hydrogen-bond donors (Lipinski definition) is 0. The highest BCUT2D eigenvalue weighted by Gasteiger charge is 2.36. The van der Waals surface area contributed by atoms with Crippen molar-refractivity contribution < 1.29 is 19.1 Å². The second kappa shape index (κ2) is 9.04. The molecular weight excluding hydrogens is 526 g/mol. The van der Waals surface area contributed by atoms with Gasteiger partial charge < -0.3 is 4.74 Å². The predicted octanol–water partition coefficient (Wildman–Crippen LogP) is 7.11. The topological polar surface area (TPSA) is 89.5 Å². The molecule has 7 nitrogen and oxygen atoms in total. The van der Waals surface area contributed by atoms with Crippen LogP contribution in [-0.2, 0) is 0 Å². The lowest BCUT2D eigenvalue weighted by molar-refractivity contribution is 0.0734. The molecule has 0 aliphatic carbocycles. The summed E-state index contributed by atoms with van der Waals surface area (Å²) in [4.78, 5) is 49.6. The average molecular weight is 546 g/mol. The second-order valence-electron chi connectivity index (χ2n) is 10.1. The number of hydrogen-bond acceptors (Lipinski definition) is 6. The number of rotatable bonds is 3. The molecule has 2 amide bonds. The van der Waals surface area contributed by atoms with Crippen LogP contribution >= 0.6 is 0 Å². The van der Waals surface area contributed by atoms with Crippen LogP contribution in [0.3, 0.4) is 0 Å². The lowest BCUT2D eigenvalue weighted by atomic mass is 9.99. The summed E-state index contributed by atoms with van der Waals surface area (Å²) in [5.41, 5.74) is 4.27. The van der Waals surface area contributed by atoms with Gasteiger partial charge in [0.05, 0.1) is 44.4 Å². The van der Waals surface area contributed by atoms with Crippen molar-refractivity contribution >= 4 is 67.1 Å². The Morgan fingerprint density at radius 1 is 0.571 bits per heavy atom. The molecule has 0 saturated heterocycles. The number of nitrogens with zero attached hydrogens (tertiary/aromatic N) is 3. The SMILES string of the molecule is O=C(Oc1ccc2nc3c4ccccc4c4ccccc4c3nc2c1)c1ccc(N2C(=O)c3ccccc3C2=O)cc1. The molecule has 6 aromatic carbocycles. The summed E-state index contributed by atoms with van der Waals surface area (Å²) in [6.45, 7) is 0. The van der Waals surface area contributed by atoms with Gasteiger partial charge in [0.2, 0.25) is 0 Å². The van der Waals surface area contributed by atoms with Crippen molar-refractivity contribution in [3.8, 4) is 5.75 Å². The summed E-state index contributed by atoms with van der Waals surface area (Å²) in [6.07, 6.45) is 0. The third kappa shape index (κ3) is 3.57. The van der Waals surface area contributed by atoms with Gasteiger partial charge in [-0.25, -0.2) is 19.7 Å². The standard InChI is InChI=1S/C35H19N3O4/c39-33-27-11-5-6-12-28(27)34(40)38(33)21-15-13-20(14-16-21)35(41)42-22-17-18-29-30(19-22)37-32-26-10-4-2-8-24(26)23-7-1-3-9-25(23)31(32)36-29/h1-19H. The third-order valence-electron chi connectivity index (χ3n) is 7.66. The number of imide groups is 1. The molecule has 198 valence electrons. The Bertz CT molecular complexity index is 2260. The molecule has 2 heterocycles. The Morgan fingerprint density at radius 3 is 1.69 bits per heavy atom. The van der Waals surface area contributed by atoms with Crippen LogP contribution in [0.1, 0.15) is 31.1 Å². The molecule has 7 heteroatoms. The number of carbonyl (C=O) groups is 3. The molecule has 0 saturated carbocycles. The van der Waals surface area contributed by atoms with Gasteiger partial charge in [-0.1, -0.05) is 60.7 Å². The smallest absolute Gasteiger partial charge is 0.343 e. The van der Waals surface area contributed by atoms with Gasteiger partial charge >= 0.3 is 5.97 Å². The Balaban J connectivity index is 1.11. The summed E-state index contributed by atoms with van der Waals surface area (Å²) in [7, 11) is 0. The number of carbonyl (C=O) groups excluding carboxylic acids is 3.